The molecule has 0 heterocycles. The number of halogens is 1. The third kappa shape index (κ3) is 3.02. The quantitative estimate of drug-likeness (QED) is 0.470. The Morgan fingerprint density at radius 1 is 1.60 bits per heavy atom. The number of benzene rings is 1. The number of carbonyl (C=O) groups excluding carboxylic acids is 1. The van der Waals surface area contributed by atoms with E-state index in [0.29, 0.717) is 17.0 Å². The molecule has 0 aliphatic rings. The highest BCUT2D eigenvalue weighted by Gasteiger charge is 2.09. The number of hydrogen-bond acceptors (Lipinski definition) is 4. The number of rotatable bonds is 3. The molecule has 0 amide bonds. The van der Waals surface area contributed by atoms with Gasteiger partial charge in [0, 0.05) is 11.4 Å². The van der Waals surface area contributed by atoms with Crippen molar-refractivity contribution in [1.82, 2.24) is 0 Å². The topological polar surface area (TPSA) is 72.5 Å². The summed E-state index contributed by atoms with van der Waals surface area (Å²) in [6.07, 6.45) is 0.535. The van der Waals surface area contributed by atoms with Crippen LogP contribution in [0.2, 0.25) is 5.02 Å². The number of nitrogens with two attached hydrogens (primary N) is 1. The molecular weight excluding hydrogens is 218 g/mol. The summed E-state index contributed by atoms with van der Waals surface area (Å²) in [6.45, 7) is 0. The van der Waals surface area contributed by atoms with Crippen LogP contribution in [-0.4, -0.2) is 18.2 Å². The first kappa shape index (κ1) is 11.7. The van der Waals surface area contributed by atoms with Crippen LogP contribution in [0.1, 0.15) is 12.0 Å². The highest BCUT2D eigenvalue weighted by molar-refractivity contribution is 6.31. The van der Waals surface area contributed by atoms with Gasteiger partial charge in [0.1, 0.15) is 5.75 Å². The van der Waals surface area contributed by atoms with Crippen molar-refractivity contribution in [2.24, 2.45) is 0 Å². The lowest BCUT2D eigenvalue weighted by Gasteiger charge is -2.07. The minimum absolute atomic E-state index is 0.0247. The highest BCUT2D eigenvalue weighted by Crippen LogP contribution is 2.29. The average molecular weight is 230 g/mol. The molecular formula is C10H12ClNO3. The monoisotopic (exact) mass is 229 g/mol. The number of nitrogen functional groups attached to an aromatic ring is 1. The van der Waals surface area contributed by atoms with Crippen LogP contribution >= 0.6 is 11.6 Å². The molecule has 3 N–H and O–H groups in total. The van der Waals surface area contributed by atoms with Gasteiger partial charge in [0.2, 0.25) is 0 Å². The predicted octanol–water partition coefficient (Wildman–Crippen LogP) is 1.73. The van der Waals surface area contributed by atoms with E-state index in [1.807, 2.05) is 0 Å². The Morgan fingerprint density at radius 2 is 2.27 bits per heavy atom. The Hall–Kier alpha value is -1.42. The number of ether oxygens (including phenoxy) is 1. The van der Waals surface area contributed by atoms with Gasteiger partial charge in [-0.2, -0.15) is 0 Å². The molecule has 15 heavy (non-hydrogen) atoms. The molecule has 0 saturated carbocycles. The lowest BCUT2D eigenvalue weighted by Crippen LogP contribution is -2.02. The van der Waals surface area contributed by atoms with Crippen LogP contribution in [0.4, 0.5) is 5.69 Å². The predicted molar refractivity (Wildman–Crippen MR) is 57.9 cm³/mol. The van der Waals surface area contributed by atoms with Crippen molar-refractivity contribution in [3.05, 3.63) is 22.7 Å². The van der Waals surface area contributed by atoms with Crippen LogP contribution < -0.4 is 5.73 Å². The number of hydrogen-bond donors (Lipinski definition) is 2. The van der Waals surface area contributed by atoms with Crippen molar-refractivity contribution in [3.63, 3.8) is 0 Å². The number of esters is 1. The van der Waals surface area contributed by atoms with Gasteiger partial charge < -0.3 is 15.6 Å². The fraction of sp³-hybridized carbons (Fsp3) is 0.300. The van der Waals surface area contributed by atoms with E-state index in [1.54, 1.807) is 6.07 Å². The van der Waals surface area contributed by atoms with Gasteiger partial charge in [-0.15, -0.1) is 0 Å². The molecule has 4 nitrogen and oxygen atoms in total. The van der Waals surface area contributed by atoms with E-state index in [9.17, 15) is 9.90 Å². The van der Waals surface area contributed by atoms with Gasteiger partial charge in [-0.05, 0) is 24.1 Å². The van der Waals surface area contributed by atoms with E-state index in [-0.39, 0.29) is 23.8 Å². The summed E-state index contributed by atoms with van der Waals surface area (Å²) < 4.78 is 4.49. The van der Waals surface area contributed by atoms with Crippen LogP contribution in [0.25, 0.3) is 0 Å². The van der Waals surface area contributed by atoms with E-state index in [2.05, 4.69) is 4.74 Å². The maximum absolute atomic E-state index is 10.9. The van der Waals surface area contributed by atoms with Crippen molar-refractivity contribution in [2.75, 3.05) is 12.8 Å². The second-order valence-electron chi connectivity index (χ2n) is 3.08. The van der Waals surface area contributed by atoms with Crippen molar-refractivity contribution in [2.45, 2.75) is 12.8 Å². The molecule has 1 rings (SSSR count). The molecule has 0 fully saturated rings. The van der Waals surface area contributed by atoms with Crippen LogP contribution in [0.15, 0.2) is 12.1 Å². The number of phenols is 1. The van der Waals surface area contributed by atoms with Gasteiger partial charge >= 0.3 is 5.97 Å². The fourth-order valence-corrected chi connectivity index (χ4v) is 1.46. The maximum Gasteiger partial charge on any atom is 0.305 e. The number of carbonyl (C=O) groups is 1. The van der Waals surface area contributed by atoms with Crippen molar-refractivity contribution < 1.29 is 14.6 Å². The first-order valence-corrected chi connectivity index (χ1v) is 4.76. The molecule has 0 aliphatic heterocycles. The smallest absolute Gasteiger partial charge is 0.305 e. The number of anilines is 1. The number of aryl methyl sites for hydroxylation is 1. The van der Waals surface area contributed by atoms with Gasteiger partial charge in [0.15, 0.2) is 0 Å². The normalized spacial score (nSPS) is 10.0. The first-order valence-electron chi connectivity index (χ1n) is 4.38. The van der Waals surface area contributed by atoms with Crippen LogP contribution in [0, 0.1) is 0 Å². The van der Waals surface area contributed by atoms with Crippen molar-refractivity contribution in [3.8, 4) is 5.75 Å². The zero-order valence-electron chi connectivity index (χ0n) is 8.29. The standard InChI is InChI=1S/C10H12ClNO3/c1-15-9(13)3-2-6-4-7(11)5-8(12)10(6)14/h4-5,14H,2-3,12H2,1H3. The minimum Gasteiger partial charge on any atom is -0.506 e. The third-order valence-corrected chi connectivity index (χ3v) is 2.23. The molecule has 1 aromatic rings. The van der Waals surface area contributed by atoms with Crippen LogP contribution in [0.5, 0.6) is 5.75 Å². The molecule has 0 unspecified atom stereocenters. The fourth-order valence-electron chi connectivity index (χ4n) is 1.21. The first-order chi connectivity index (χ1) is 7.04. The number of phenolic OH excluding ortho intramolecular Hbond substituents is 1. The molecule has 0 atom stereocenters. The second kappa shape index (κ2) is 4.89. The zero-order chi connectivity index (χ0) is 11.4. The summed E-state index contributed by atoms with van der Waals surface area (Å²) in [4.78, 5) is 10.9. The van der Waals surface area contributed by atoms with Crippen LogP contribution in [-0.2, 0) is 16.0 Å². The third-order valence-electron chi connectivity index (χ3n) is 2.01. The Kier molecular flexibility index (Phi) is 3.80. The maximum atomic E-state index is 10.9. The van der Waals surface area contributed by atoms with Gasteiger partial charge in [0.05, 0.1) is 12.8 Å². The van der Waals surface area contributed by atoms with E-state index in [1.165, 1.54) is 13.2 Å². The molecule has 0 bridgehead atoms. The summed E-state index contributed by atoms with van der Waals surface area (Å²) in [5.41, 5.74) is 6.27. The Balaban J connectivity index is 2.81. The lowest BCUT2D eigenvalue weighted by molar-refractivity contribution is -0.140. The van der Waals surface area contributed by atoms with E-state index >= 15 is 0 Å². The molecule has 0 aromatic heterocycles. The number of methoxy groups -OCH3 is 1. The summed E-state index contributed by atoms with van der Waals surface area (Å²) in [5.74, 6) is -0.365. The molecule has 0 radical (unpaired) electrons. The lowest BCUT2D eigenvalue weighted by atomic mass is 10.1. The van der Waals surface area contributed by atoms with Crippen LogP contribution in [0.3, 0.4) is 0 Å². The summed E-state index contributed by atoms with van der Waals surface area (Å²) in [7, 11) is 1.31. The van der Waals surface area contributed by atoms with Crippen molar-refractivity contribution in [1.29, 1.82) is 0 Å². The molecule has 0 spiro atoms. The van der Waals surface area contributed by atoms with E-state index in [4.69, 9.17) is 17.3 Å². The Labute approximate surface area is 92.6 Å². The summed E-state index contributed by atoms with van der Waals surface area (Å²) in [6, 6.07) is 3.04. The Morgan fingerprint density at radius 3 is 2.87 bits per heavy atom. The molecule has 1 aromatic carbocycles. The SMILES string of the molecule is COC(=O)CCc1cc(Cl)cc(N)c1O. The van der Waals surface area contributed by atoms with Gasteiger partial charge in [0.25, 0.3) is 0 Å². The zero-order valence-corrected chi connectivity index (χ0v) is 9.04. The summed E-state index contributed by atoms with van der Waals surface area (Å²) in [5, 5.41) is 10.0. The largest absolute Gasteiger partial charge is 0.506 e. The van der Waals surface area contributed by atoms with Gasteiger partial charge in [-0.25, -0.2) is 0 Å². The van der Waals surface area contributed by atoms with E-state index in [0.717, 1.165) is 0 Å². The summed E-state index contributed by atoms with van der Waals surface area (Å²) >= 11 is 5.76. The van der Waals surface area contributed by atoms with E-state index < -0.39 is 0 Å². The van der Waals surface area contributed by atoms with Crippen molar-refractivity contribution >= 4 is 23.3 Å². The molecule has 82 valence electrons. The molecule has 0 saturated heterocycles. The molecule has 5 heteroatoms. The molecule has 0 aliphatic carbocycles. The number of aromatic hydroxyl groups is 1. The highest BCUT2D eigenvalue weighted by atomic mass is 35.5. The minimum atomic E-state index is -0.340. The van der Waals surface area contributed by atoms with Gasteiger partial charge in [-0.3, -0.25) is 4.79 Å². The average Bonchev–Trinajstić information content (AvgIpc) is 2.20. The Bertz CT molecular complexity index is 379. The van der Waals surface area contributed by atoms with Gasteiger partial charge in [-0.1, -0.05) is 11.6 Å². The second-order valence-corrected chi connectivity index (χ2v) is 3.52.